The first-order chi connectivity index (χ1) is 11.2. The minimum Gasteiger partial charge on any atom is -0.478 e. The highest BCUT2D eigenvalue weighted by molar-refractivity contribution is 9.10. The van der Waals surface area contributed by atoms with Gasteiger partial charge in [0.05, 0.1) is 10.5 Å². The van der Waals surface area contributed by atoms with Crippen LogP contribution in [-0.2, 0) is 9.59 Å². The van der Waals surface area contributed by atoms with Gasteiger partial charge in [0, 0.05) is 36.2 Å². The zero-order chi connectivity index (χ0) is 18.0. The molecule has 24 heavy (non-hydrogen) atoms. The van der Waals surface area contributed by atoms with Gasteiger partial charge in [-0.3, -0.25) is 19.7 Å². The maximum absolute atomic E-state index is 12.2. The summed E-state index contributed by atoms with van der Waals surface area (Å²) in [7, 11) is 0. The molecule has 1 fully saturated rings. The predicted octanol–water partition coefficient (Wildman–Crippen LogP) is 2.69. The van der Waals surface area contributed by atoms with E-state index in [2.05, 4.69) is 15.9 Å². The van der Waals surface area contributed by atoms with Crippen molar-refractivity contribution in [1.29, 1.82) is 0 Å². The number of nitro benzene ring substituents is 1. The first-order valence-electron chi connectivity index (χ1n) is 6.85. The number of aromatic carboxylic acids is 1. The van der Waals surface area contributed by atoms with E-state index in [1.54, 1.807) is 0 Å². The normalized spacial score (nSPS) is 17.2. The Bertz CT molecular complexity index is 738. The second kappa shape index (κ2) is 7.31. The minimum absolute atomic E-state index is 0.0466. The van der Waals surface area contributed by atoms with E-state index in [1.807, 2.05) is 0 Å². The molecule has 0 aromatic heterocycles. The summed E-state index contributed by atoms with van der Waals surface area (Å²) in [6, 6.07) is 2.17. The van der Waals surface area contributed by atoms with Crippen molar-refractivity contribution in [2.24, 2.45) is 5.92 Å². The largest absolute Gasteiger partial charge is 0.478 e. The number of carbonyl (C=O) groups is 3. The van der Waals surface area contributed by atoms with E-state index in [-0.39, 0.29) is 45.6 Å². The first-order valence-corrected chi connectivity index (χ1v) is 8.63. The smallest absolute Gasteiger partial charge is 0.335 e. The Kier molecular flexibility index (Phi) is 5.60. The summed E-state index contributed by atoms with van der Waals surface area (Å²) >= 11 is 4.24. The van der Waals surface area contributed by atoms with Crippen LogP contribution in [0.15, 0.2) is 16.6 Å². The van der Waals surface area contributed by atoms with Crippen LogP contribution in [0.3, 0.4) is 0 Å². The Morgan fingerprint density at radius 1 is 1.50 bits per heavy atom. The minimum atomic E-state index is -1.30. The molecule has 2 rings (SSSR count). The molecule has 1 atom stereocenters. The van der Waals surface area contributed by atoms with Crippen LogP contribution in [0.2, 0.25) is 0 Å². The second-order valence-electron chi connectivity index (χ2n) is 5.27. The fourth-order valence-corrected chi connectivity index (χ4v) is 3.82. The number of halogens is 1. The molecule has 0 spiro atoms. The Morgan fingerprint density at radius 2 is 2.17 bits per heavy atom. The molecule has 8 nitrogen and oxygen atoms in total. The molecule has 0 radical (unpaired) electrons. The highest BCUT2D eigenvalue weighted by Gasteiger charge is 2.36. The molecule has 0 saturated carbocycles. The molecule has 1 aliphatic rings. The van der Waals surface area contributed by atoms with Gasteiger partial charge in [0.2, 0.25) is 5.91 Å². The maximum atomic E-state index is 12.2. The summed E-state index contributed by atoms with van der Waals surface area (Å²) < 4.78 is 0.169. The molecular weight excluding hydrogens is 404 g/mol. The first kappa shape index (κ1) is 18.4. The van der Waals surface area contributed by atoms with Crippen LogP contribution < -0.4 is 4.90 Å². The number of nitrogens with zero attached hydrogens (tertiary/aromatic N) is 2. The molecule has 1 aromatic carbocycles. The summed E-state index contributed by atoms with van der Waals surface area (Å²) in [5, 5.41) is 20.3. The number of amides is 1. The van der Waals surface area contributed by atoms with Gasteiger partial charge in [-0.15, -0.1) is 0 Å². The van der Waals surface area contributed by atoms with Gasteiger partial charge in [0.15, 0.2) is 5.12 Å². The van der Waals surface area contributed by atoms with Crippen molar-refractivity contribution in [3.63, 3.8) is 0 Å². The molecule has 1 aromatic rings. The Hall–Kier alpha value is -1.94. The quantitative estimate of drug-likeness (QED) is 0.578. The van der Waals surface area contributed by atoms with Gasteiger partial charge in [-0.2, -0.15) is 0 Å². The number of hydrogen-bond donors (Lipinski definition) is 1. The molecule has 0 bridgehead atoms. The summed E-state index contributed by atoms with van der Waals surface area (Å²) in [6.45, 7) is 1.68. The molecule has 10 heteroatoms. The number of carboxylic acids is 1. The maximum Gasteiger partial charge on any atom is 0.335 e. The number of thioether (sulfide) groups is 1. The van der Waals surface area contributed by atoms with Crippen molar-refractivity contribution >= 4 is 56.1 Å². The Labute approximate surface area is 149 Å². The monoisotopic (exact) mass is 416 g/mol. The summed E-state index contributed by atoms with van der Waals surface area (Å²) in [5.41, 5.74) is -0.645. The average molecular weight is 417 g/mol. The second-order valence-corrected chi connectivity index (χ2v) is 7.32. The molecule has 128 valence electrons. The van der Waals surface area contributed by atoms with Crippen LogP contribution in [0.25, 0.3) is 0 Å². The third-order valence-corrected chi connectivity index (χ3v) is 5.13. The lowest BCUT2D eigenvalue weighted by molar-refractivity contribution is -0.384. The van der Waals surface area contributed by atoms with E-state index < -0.39 is 16.6 Å². The summed E-state index contributed by atoms with van der Waals surface area (Å²) in [6.07, 6.45) is 0.185. The van der Waals surface area contributed by atoms with Crippen molar-refractivity contribution in [3.05, 3.63) is 32.3 Å². The Balaban J connectivity index is 2.37. The number of hydrogen-bond acceptors (Lipinski definition) is 6. The van der Waals surface area contributed by atoms with Gasteiger partial charge in [0.1, 0.15) is 5.69 Å². The highest BCUT2D eigenvalue weighted by Crippen LogP contribution is 2.40. The molecule has 1 saturated heterocycles. The van der Waals surface area contributed by atoms with Crippen LogP contribution in [0.5, 0.6) is 0 Å². The van der Waals surface area contributed by atoms with Crippen molar-refractivity contribution in [3.8, 4) is 0 Å². The number of carbonyl (C=O) groups excluding carboxylic acids is 2. The van der Waals surface area contributed by atoms with Crippen molar-refractivity contribution < 1.29 is 24.4 Å². The third kappa shape index (κ3) is 3.93. The number of carboxylic acid groups (broad SMARTS) is 1. The fourth-order valence-electron chi connectivity index (χ4n) is 2.46. The average Bonchev–Trinajstić information content (AvgIpc) is 2.84. The molecule has 1 heterocycles. The molecule has 1 N–H and O–H groups in total. The molecular formula is C14H13BrN2O6S. The lowest BCUT2D eigenvalue weighted by Gasteiger charge is -2.18. The van der Waals surface area contributed by atoms with Crippen LogP contribution in [0.4, 0.5) is 11.4 Å². The summed E-state index contributed by atoms with van der Waals surface area (Å²) in [5.74, 6) is -1.24. The fraction of sp³-hybridized carbons (Fsp3) is 0.357. The topological polar surface area (TPSA) is 118 Å². The van der Waals surface area contributed by atoms with Crippen LogP contribution in [0.1, 0.15) is 23.7 Å². The zero-order valence-electron chi connectivity index (χ0n) is 12.5. The molecule has 1 amide bonds. The summed E-state index contributed by atoms with van der Waals surface area (Å²) in [4.78, 5) is 46.2. The molecule has 0 aliphatic carbocycles. The lowest BCUT2D eigenvalue weighted by Crippen LogP contribution is -2.26. The lowest BCUT2D eigenvalue weighted by atomic mass is 10.1. The number of nitro groups is 1. The van der Waals surface area contributed by atoms with Crippen LogP contribution in [0, 0.1) is 16.0 Å². The van der Waals surface area contributed by atoms with Crippen LogP contribution >= 0.6 is 27.7 Å². The van der Waals surface area contributed by atoms with Gasteiger partial charge < -0.3 is 10.0 Å². The van der Waals surface area contributed by atoms with E-state index in [9.17, 15) is 24.5 Å². The van der Waals surface area contributed by atoms with E-state index in [0.29, 0.717) is 5.75 Å². The van der Waals surface area contributed by atoms with E-state index in [4.69, 9.17) is 5.11 Å². The molecule has 1 aliphatic heterocycles. The Morgan fingerprint density at radius 3 is 2.71 bits per heavy atom. The van der Waals surface area contributed by atoms with Gasteiger partial charge in [0.25, 0.3) is 5.69 Å². The number of anilines is 1. The van der Waals surface area contributed by atoms with Crippen molar-refractivity contribution in [2.45, 2.75) is 13.3 Å². The van der Waals surface area contributed by atoms with Gasteiger partial charge in [-0.25, -0.2) is 4.79 Å². The van der Waals surface area contributed by atoms with Gasteiger partial charge in [-0.1, -0.05) is 11.8 Å². The van der Waals surface area contributed by atoms with Crippen LogP contribution in [-0.4, -0.2) is 39.3 Å². The van der Waals surface area contributed by atoms with E-state index in [0.717, 1.165) is 17.8 Å². The highest BCUT2D eigenvalue weighted by atomic mass is 79.9. The molecule has 1 unspecified atom stereocenters. The zero-order valence-corrected chi connectivity index (χ0v) is 14.9. The van der Waals surface area contributed by atoms with Crippen molar-refractivity contribution in [1.82, 2.24) is 0 Å². The standard InChI is InChI=1S/C14H13BrN2O6S/c1-7(18)24-6-8-2-12(19)16(5-8)13-10(15)3-9(14(20)21)4-11(13)17(22)23/h3-4,8H,2,5-6H2,1H3,(H,20,21). The van der Waals surface area contributed by atoms with Gasteiger partial charge in [-0.05, 0) is 27.9 Å². The predicted molar refractivity (Wildman–Crippen MR) is 91.4 cm³/mol. The van der Waals surface area contributed by atoms with Crippen molar-refractivity contribution in [2.75, 3.05) is 17.2 Å². The third-order valence-electron chi connectivity index (χ3n) is 3.48. The van der Waals surface area contributed by atoms with E-state index >= 15 is 0 Å². The van der Waals surface area contributed by atoms with Gasteiger partial charge >= 0.3 is 5.97 Å². The number of benzene rings is 1. The van der Waals surface area contributed by atoms with E-state index in [1.165, 1.54) is 17.9 Å². The SMILES string of the molecule is CC(=O)SCC1CC(=O)N(c2c(Br)cc(C(=O)O)cc2[N+](=O)[O-])C1. The number of rotatable bonds is 5.